The Hall–Kier alpha value is -4.63. The van der Waals surface area contributed by atoms with Crippen LogP contribution >= 0.6 is 0 Å². The third-order valence-corrected chi connectivity index (χ3v) is 6.61. The molecule has 0 atom stereocenters. The average molecular weight is 436 g/mol. The summed E-state index contributed by atoms with van der Waals surface area (Å²) in [4.78, 5) is 4.75. The molecule has 0 aliphatic rings. The first-order chi connectivity index (χ1) is 16.9. The lowest BCUT2D eigenvalue weighted by Gasteiger charge is -2.10. The van der Waals surface area contributed by atoms with Gasteiger partial charge >= 0.3 is 0 Å². The van der Waals surface area contributed by atoms with Gasteiger partial charge in [-0.2, -0.15) is 0 Å². The van der Waals surface area contributed by atoms with Crippen LogP contribution in [-0.4, -0.2) is 14.1 Å². The van der Waals surface area contributed by atoms with Crippen LogP contribution in [0.25, 0.3) is 55.3 Å². The number of pyridine rings is 1. The van der Waals surface area contributed by atoms with Gasteiger partial charge in [-0.25, -0.2) is 0 Å². The lowest BCUT2D eigenvalue weighted by atomic mass is 10.1. The number of hydrogen-bond donors (Lipinski definition) is 0. The van der Waals surface area contributed by atoms with E-state index in [4.69, 9.17) is 4.98 Å². The molecule has 0 saturated heterocycles. The molecule has 3 nitrogen and oxygen atoms in total. The highest BCUT2D eigenvalue weighted by molar-refractivity contribution is 6.18. The Morgan fingerprint density at radius 3 is 2.06 bits per heavy atom. The fourth-order valence-corrected chi connectivity index (χ4v) is 5.05. The second kappa shape index (κ2) is 7.46. The maximum Gasteiger partial charge on any atom is 0.0703 e. The summed E-state index contributed by atoms with van der Waals surface area (Å²) in [6.45, 7) is 0. The number of benzene rings is 4. The number of hydrogen-bond acceptors (Lipinski definition) is 1. The van der Waals surface area contributed by atoms with Gasteiger partial charge in [-0.05, 0) is 42.5 Å². The lowest BCUT2D eigenvalue weighted by molar-refractivity contribution is 1.10. The Morgan fingerprint density at radius 2 is 1.26 bits per heavy atom. The summed E-state index contributed by atoms with van der Waals surface area (Å²) in [6, 6.07) is 40.5. The number of fused-ring (bicyclic) bond motifs is 5. The molecule has 0 aliphatic carbocycles. The van der Waals surface area contributed by atoms with Crippen molar-refractivity contribution in [3.8, 4) is 22.6 Å². The minimum Gasteiger partial charge on any atom is -0.315 e. The summed E-state index contributed by atoms with van der Waals surface area (Å²) in [6.07, 6.45) is 4.11. The first-order valence-corrected chi connectivity index (χ1v) is 11.5. The number of para-hydroxylation sites is 2. The van der Waals surface area contributed by atoms with Gasteiger partial charge in [0.25, 0.3) is 0 Å². The largest absolute Gasteiger partial charge is 0.315 e. The molecule has 3 heteroatoms. The summed E-state index contributed by atoms with van der Waals surface area (Å²) in [5, 5.41) is 3.76. The molecule has 3 aromatic heterocycles. The predicted molar refractivity (Wildman–Crippen MR) is 141 cm³/mol. The monoisotopic (exact) mass is 435 g/mol. The van der Waals surface area contributed by atoms with Crippen LogP contribution in [0.3, 0.4) is 0 Å². The number of rotatable bonds is 3. The summed E-state index contributed by atoms with van der Waals surface area (Å²) >= 11 is 0. The molecule has 7 rings (SSSR count). The van der Waals surface area contributed by atoms with Crippen LogP contribution < -0.4 is 0 Å². The van der Waals surface area contributed by atoms with Gasteiger partial charge in [0.15, 0.2) is 0 Å². The number of nitrogens with zero attached hydrogens (tertiary/aromatic N) is 3. The van der Waals surface area contributed by atoms with Crippen molar-refractivity contribution < 1.29 is 0 Å². The van der Waals surface area contributed by atoms with Gasteiger partial charge in [0.1, 0.15) is 0 Å². The van der Waals surface area contributed by atoms with Crippen LogP contribution in [0.5, 0.6) is 0 Å². The maximum absolute atomic E-state index is 4.75. The number of aromatic nitrogens is 3. The SMILES string of the molecule is c1ccc(-c2ccc(-n3ccc4c3ccc3c5ccccc5n(-c5ccccc5)c34)cn2)cc1. The molecule has 3 heterocycles. The van der Waals surface area contributed by atoms with Crippen LogP contribution in [0.2, 0.25) is 0 Å². The molecule has 34 heavy (non-hydrogen) atoms. The zero-order valence-corrected chi connectivity index (χ0v) is 18.5. The normalized spacial score (nSPS) is 11.5. The summed E-state index contributed by atoms with van der Waals surface area (Å²) in [5.74, 6) is 0. The van der Waals surface area contributed by atoms with Crippen molar-refractivity contribution in [3.05, 3.63) is 128 Å². The Balaban J connectivity index is 1.46. The standard InChI is InChI=1S/C31H21N3/c1-3-9-22(10-4-1)28-17-15-24(21-32-28)33-20-19-27-29(33)18-16-26-25-13-7-8-14-30(25)34(31(26)27)23-11-5-2-6-12-23/h1-21H. The molecule has 4 aromatic carbocycles. The van der Waals surface area contributed by atoms with E-state index < -0.39 is 0 Å². The molecule has 0 unspecified atom stereocenters. The van der Waals surface area contributed by atoms with Crippen molar-refractivity contribution in [1.82, 2.24) is 14.1 Å². The lowest BCUT2D eigenvalue weighted by Crippen LogP contribution is -1.95. The predicted octanol–water partition coefficient (Wildman–Crippen LogP) is 7.79. The summed E-state index contributed by atoms with van der Waals surface area (Å²) in [7, 11) is 0. The minimum absolute atomic E-state index is 0.979. The van der Waals surface area contributed by atoms with Crippen LogP contribution in [0, 0.1) is 0 Å². The van der Waals surface area contributed by atoms with Gasteiger partial charge in [0.05, 0.1) is 34.1 Å². The molecule has 0 amide bonds. The molecule has 0 N–H and O–H groups in total. The van der Waals surface area contributed by atoms with Crippen molar-refractivity contribution in [2.75, 3.05) is 0 Å². The molecule has 0 fully saturated rings. The Kier molecular flexibility index (Phi) is 4.15. The summed E-state index contributed by atoms with van der Waals surface area (Å²) in [5.41, 5.74) is 7.95. The van der Waals surface area contributed by atoms with Gasteiger partial charge in [-0.3, -0.25) is 4.98 Å². The van der Waals surface area contributed by atoms with E-state index in [1.54, 1.807) is 0 Å². The van der Waals surface area contributed by atoms with Gasteiger partial charge < -0.3 is 9.13 Å². The van der Waals surface area contributed by atoms with E-state index >= 15 is 0 Å². The molecule has 0 spiro atoms. The zero-order valence-electron chi connectivity index (χ0n) is 18.5. The summed E-state index contributed by atoms with van der Waals surface area (Å²) < 4.78 is 4.61. The Morgan fingerprint density at radius 1 is 0.500 bits per heavy atom. The first-order valence-electron chi connectivity index (χ1n) is 11.5. The van der Waals surface area contributed by atoms with E-state index in [1.165, 1.54) is 38.4 Å². The van der Waals surface area contributed by atoms with Gasteiger partial charge in [0, 0.05) is 33.6 Å². The van der Waals surface area contributed by atoms with Crippen LogP contribution in [-0.2, 0) is 0 Å². The Labute approximate surface area is 197 Å². The quantitative estimate of drug-likeness (QED) is 0.278. The van der Waals surface area contributed by atoms with Crippen molar-refractivity contribution in [2.24, 2.45) is 0 Å². The maximum atomic E-state index is 4.75. The Bertz CT molecular complexity index is 1770. The smallest absolute Gasteiger partial charge is 0.0703 e. The highest BCUT2D eigenvalue weighted by Gasteiger charge is 2.16. The van der Waals surface area contributed by atoms with Crippen molar-refractivity contribution in [2.45, 2.75) is 0 Å². The van der Waals surface area contributed by atoms with Gasteiger partial charge in [-0.1, -0.05) is 72.8 Å². The van der Waals surface area contributed by atoms with Crippen molar-refractivity contribution in [1.29, 1.82) is 0 Å². The van der Waals surface area contributed by atoms with Gasteiger partial charge in [0.2, 0.25) is 0 Å². The molecule has 0 bridgehead atoms. The molecule has 0 aliphatic heterocycles. The third-order valence-electron chi connectivity index (χ3n) is 6.61. The topological polar surface area (TPSA) is 22.8 Å². The molecular formula is C31H21N3. The molecular weight excluding hydrogens is 414 g/mol. The first kappa shape index (κ1) is 18.9. The van der Waals surface area contributed by atoms with E-state index in [9.17, 15) is 0 Å². The van der Waals surface area contributed by atoms with E-state index in [0.29, 0.717) is 0 Å². The average Bonchev–Trinajstić information content (AvgIpc) is 3.49. The van der Waals surface area contributed by atoms with Crippen LogP contribution in [0.15, 0.2) is 128 Å². The van der Waals surface area contributed by atoms with E-state index in [-0.39, 0.29) is 0 Å². The van der Waals surface area contributed by atoms with E-state index in [1.807, 2.05) is 24.4 Å². The zero-order chi connectivity index (χ0) is 22.5. The van der Waals surface area contributed by atoms with Crippen LogP contribution in [0.1, 0.15) is 0 Å². The highest BCUT2D eigenvalue weighted by Crippen LogP contribution is 2.37. The van der Waals surface area contributed by atoms with Crippen molar-refractivity contribution in [3.63, 3.8) is 0 Å². The molecule has 160 valence electrons. The van der Waals surface area contributed by atoms with Gasteiger partial charge in [-0.15, -0.1) is 0 Å². The molecule has 7 aromatic rings. The second-order valence-electron chi connectivity index (χ2n) is 8.54. The van der Waals surface area contributed by atoms with Crippen molar-refractivity contribution >= 4 is 32.7 Å². The second-order valence-corrected chi connectivity index (χ2v) is 8.54. The fraction of sp³-hybridized carbons (Fsp3) is 0. The van der Waals surface area contributed by atoms with E-state index in [0.717, 1.165) is 16.9 Å². The minimum atomic E-state index is 0.979. The van der Waals surface area contributed by atoms with Crippen LogP contribution in [0.4, 0.5) is 0 Å². The third kappa shape index (κ3) is 2.81. The molecule has 0 radical (unpaired) electrons. The molecule has 0 saturated carbocycles. The highest BCUT2D eigenvalue weighted by atomic mass is 15.0. The fourth-order valence-electron chi connectivity index (χ4n) is 5.05. The van der Waals surface area contributed by atoms with E-state index in [2.05, 4.69) is 112 Å².